The molecule has 0 amide bonds. The highest BCUT2D eigenvalue weighted by molar-refractivity contribution is 5.16. The summed E-state index contributed by atoms with van der Waals surface area (Å²) >= 11 is 0. The molecule has 3 heteroatoms. The minimum Gasteiger partial charge on any atom is -0.393 e. The summed E-state index contributed by atoms with van der Waals surface area (Å²) in [4.78, 5) is 4.29. The van der Waals surface area contributed by atoms with Crippen LogP contribution >= 0.6 is 0 Å². The zero-order chi connectivity index (χ0) is 10.0. The van der Waals surface area contributed by atoms with Crippen LogP contribution in [0.2, 0.25) is 0 Å². The van der Waals surface area contributed by atoms with E-state index in [1.807, 2.05) is 18.2 Å². The van der Waals surface area contributed by atoms with Crippen molar-refractivity contribution in [2.45, 2.75) is 37.3 Å². The Hall–Kier alpha value is -0.930. The van der Waals surface area contributed by atoms with Gasteiger partial charge < -0.3 is 10.8 Å². The molecule has 1 heterocycles. The Morgan fingerprint density at radius 1 is 1.36 bits per heavy atom. The highest BCUT2D eigenvalue weighted by atomic mass is 16.3. The molecule has 76 valence electrons. The fourth-order valence-electron chi connectivity index (χ4n) is 2.03. The Morgan fingerprint density at radius 3 is 2.64 bits per heavy atom. The zero-order valence-corrected chi connectivity index (χ0v) is 8.19. The summed E-state index contributed by atoms with van der Waals surface area (Å²) in [5, 5.41) is 9.41. The molecule has 1 aromatic rings. The van der Waals surface area contributed by atoms with Gasteiger partial charge in [-0.2, -0.15) is 0 Å². The fourth-order valence-corrected chi connectivity index (χ4v) is 2.03. The van der Waals surface area contributed by atoms with Crippen molar-refractivity contribution in [1.82, 2.24) is 4.98 Å². The topological polar surface area (TPSA) is 59.1 Å². The lowest BCUT2D eigenvalue weighted by atomic mass is 9.79. The summed E-state index contributed by atoms with van der Waals surface area (Å²) in [5.74, 6) is 0. The fraction of sp³-hybridized carbons (Fsp3) is 0.545. The maximum atomic E-state index is 9.41. The van der Waals surface area contributed by atoms with E-state index >= 15 is 0 Å². The van der Waals surface area contributed by atoms with E-state index in [-0.39, 0.29) is 11.6 Å². The van der Waals surface area contributed by atoms with E-state index in [1.54, 1.807) is 6.20 Å². The van der Waals surface area contributed by atoms with Gasteiger partial charge in [0.1, 0.15) is 0 Å². The van der Waals surface area contributed by atoms with E-state index in [2.05, 4.69) is 4.98 Å². The molecule has 1 aromatic heterocycles. The van der Waals surface area contributed by atoms with Gasteiger partial charge in [0, 0.05) is 6.20 Å². The predicted molar refractivity (Wildman–Crippen MR) is 54.6 cm³/mol. The van der Waals surface area contributed by atoms with Gasteiger partial charge in [-0.05, 0) is 37.8 Å². The summed E-state index contributed by atoms with van der Waals surface area (Å²) in [5.41, 5.74) is 6.90. The molecule has 0 radical (unpaired) electrons. The normalized spacial score (nSPS) is 32.9. The smallest absolute Gasteiger partial charge is 0.0602 e. The number of hydrogen-bond acceptors (Lipinski definition) is 3. The summed E-state index contributed by atoms with van der Waals surface area (Å²) in [6, 6.07) is 5.82. The van der Waals surface area contributed by atoms with Crippen LogP contribution in [0.5, 0.6) is 0 Å². The van der Waals surface area contributed by atoms with Gasteiger partial charge in [-0.1, -0.05) is 6.07 Å². The molecule has 2 rings (SSSR count). The standard InChI is InChI=1S/C11H16N2O/c12-11(6-4-9(14)5-7-11)10-3-1-2-8-13-10/h1-3,8-9,14H,4-7,12H2. The Morgan fingerprint density at radius 2 is 2.07 bits per heavy atom. The minimum atomic E-state index is -0.319. The number of hydrogen-bond donors (Lipinski definition) is 2. The quantitative estimate of drug-likeness (QED) is 0.702. The maximum Gasteiger partial charge on any atom is 0.0602 e. The van der Waals surface area contributed by atoms with Crippen molar-refractivity contribution in [2.24, 2.45) is 5.73 Å². The molecule has 1 aliphatic carbocycles. The van der Waals surface area contributed by atoms with E-state index in [0.717, 1.165) is 31.4 Å². The third-order valence-corrected chi connectivity index (χ3v) is 3.02. The van der Waals surface area contributed by atoms with Crippen LogP contribution in [0.25, 0.3) is 0 Å². The van der Waals surface area contributed by atoms with Crippen LogP contribution in [-0.2, 0) is 5.54 Å². The summed E-state index contributed by atoms with van der Waals surface area (Å²) < 4.78 is 0. The van der Waals surface area contributed by atoms with Crippen LogP contribution in [0.15, 0.2) is 24.4 Å². The molecule has 0 unspecified atom stereocenters. The van der Waals surface area contributed by atoms with Crippen LogP contribution in [0.4, 0.5) is 0 Å². The number of nitrogens with zero attached hydrogens (tertiary/aromatic N) is 1. The number of aliphatic hydroxyl groups is 1. The number of aliphatic hydroxyl groups excluding tert-OH is 1. The second-order valence-corrected chi connectivity index (χ2v) is 4.10. The second kappa shape index (κ2) is 3.67. The molecule has 3 nitrogen and oxygen atoms in total. The van der Waals surface area contributed by atoms with Crippen molar-refractivity contribution >= 4 is 0 Å². The molecule has 0 spiro atoms. The van der Waals surface area contributed by atoms with Gasteiger partial charge >= 0.3 is 0 Å². The largest absolute Gasteiger partial charge is 0.393 e. The molecule has 0 saturated heterocycles. The van der Waals surface area contributed by atoms with Gasteiger partial charge in [0.25, 0.3) is 0 Å². The Bertz CT molecular complexity index is 291. The lowest BCUT2D eigenvalue weighted by molar-refractivity contribution is 0.0956. The molecule has 1 fully saturated rings. The third-order valence-electron chi connectivity index (χ3n) is 3.02. The number of pyridine rings is 1. The first kappa shape index (κ1) is 9.62. The highest BCUT2D eigenvalue weighted by Crippen LogP contribution is 2.33. The zero-order valence-electron chi connectivity index (χ0n) is 8.19. The van der Waals surface area contributed by atoms with E-state index in [0.29, 0.717) is 0 Å². The van der Waals surface area contributed by atoms with E-state index in [4.69, 9.17) is 5.73 Å². The van der Waals surface area contributed by atoms with E-state index in [9.17, 15) is 5.11 Å². The van der Waals surface area contributed by atoms with Gasteiger partial charge in [0.15, 0.2) is 0 Å². The van der Waals surface area contributed by atoms with Gasteiger partial charge in [-0.25, -0.2) is 0 Å². The SMILES string of the molecule is NC1(c2ccccn2)CCC(O)CC1. The highest BCUT2D eigenvalue weighted by Gasteiger charge is 2.33. The monoisotopic (exact) mass is 192 g/mol. The van der Waals surface area contributed by atoms with Crippen molar-refractivity contribution < 1.29 is 5.11 Å². The third kappa shape index (κ3) is 1.79. The first-order valence-electron chi connectivity index (χ1n) is 5.09. The molecule has 1 saturated carbocycles. The van der Waals surface area contributed by atoms with Gasteiger partial charge in [0.2, 0.25) is 0 Å². The first-order chi connectivity index (χ1) is 6.71. The predicted octanol–water partition coefficient (Wildman–Crippen LogP) is 1.17. The van der Waals surface area contributed by atoms with Crippen molar-refractivity contribution in [1.29, 1.82) is 0 Å². The second-order valence-electron chi connectivity index (χ2n) is 4.10. The Balaban J connectivity index is 2.17. The van der Waals surface area contributed by atoms with Crippen molar-refractivity contribution in [3.8, 4) is 0 Å². The summed E-state index contributed by atoms with van der Waals surface area (Å²) in [6.45, 7) is 0. The maximum absolute atomic E-state index is 9.41. The number of nitrogens with two attached hydrogens (primary N) is 1. The average molecular weight is 192 g/mol. The van der Waals surface area contributed by atoms with Crippen LogP contribution < -0.4 is 5.73 Å². The van der Waals surface area contributed by atoms with Gasteiger partial charge in [-0.15, -0.1) is 0 Å². The average Bonchev–Trinajstić information content (AvgIpc) is 2.24. The lowest BCUT2D eigenvalue weighted by Gasteiger charge is -2.34. The molecule has 3 N–H and O–H groups in total. The molecule has 1 aliphatic rings. The molecule has 0 bridgehead atoms. The number of rotatable bonds is 1. The van der Waals surface area contributed by atoms with Crippen LogP contribution in [-0.4, -0.2) is 16.2 Å². The van der Waals surface area contributed by atoms with Gasteiger partial charge in [0.05, 0.1) is 17.3 Å². The van der Waals surface area contributed by atoms with Crippen LogP contribution in [0, 0.1) is 0 Å². The number of aromatic nitrogens is 1. The molecule has 14 heavy (non-hydrogen) atoms. The summed E-state index contributed by atoms with van der Waals surface area (Å²) in [7, 11) is 0. The molecule has 0 aromatic carbocycles. The van der Waals surface area contributed by atoms with Crippen molar-refractivity contribution in [3.05, 3.63) is 30.1 Å². The lowest BCUT2D eigenvalue weighted by Crippen LogP contribution is -2.42. The van der Waals surface area contributed by atoms with Crippen molar-refractivity contribution in [3.63, 3.8) is 0 Å². The molecule has 0 atom stereocenters. The van der Waals surface area contributed by atoms with Gasteiger partial charge in [-0.3, -0.25) is 4.98 Å². The first-order valence-corrected chi connectivity index (χ1v) is 5.09. The molecule has 0 aliphatic heterocycles. The van der Waals surface area contributed by atoms with Crippen LogP contribution in [0.3, 0.4) is 0 Å². The Labute approximate surface area is 84.0 Å². The van der Waals surface area contributed by atoms with Crippen molar-refractivity contribution in [2.75, 3.05) is 0 Å². The van der Waals surface area contributed by atoms with Crippen LogP contribution in [0.1, 0.15) is 31.4 Å². The minimum absolute atomic E-state index is 0.171. The van der Waals surface area contributed by atoms with E-state index < -0.39 is 0 Å². The van der Waals surface area contributed by atoms with E-state index in [1.165, 1.54) is 0 Å². The summed E-state index contributed by atoms with van der Waals surface area (Å²) in [6.07, 6.45) is 4.82. The molecular weight excluding hydrogens is 176 g/mol. The molecular formula is C11H16N2O. The Kier molecular flexibility index (Phi) is 2.52.